The molecule has 15 heavy (non-hydrogen) atoms. The van der Waals surface area contributed by atoms with E-state index in [9.17, 15) is 14.4 Å². The first-order valence-electron chi connectivity index (χ1n) is 4.78. The van der Waals surface area contributed by atoms with E-state index < -0.39 is 6.04 Å². The molecule has 0 heterocycles. The highest BCUT2D eigenvalue weighted by Crippen LogP contribution is 2.05. The number of amides is 1. The summed E-state index contributed by atoms with van der Waals surface area (Å²) in [6.07, 6.45) is 0. The van der Waals surface area contributed by atoms with E-state index in [0.29, 0.717) is 5.75 Å². The number of hydrogen-bond acceptors (Lipinski definition) is 4. The van der Waals surface area contributed by atoms with Gasteiger partial charge in [-0.3, -0.25) is 14.4 Å². The van der Waals surface area contributed by atoms with Crippen molar-refractivity contribution in [2.24, 2.45) is 5.92 Å². The Labute approximate surface area is 95.7 Å². The Hall–Kier alpha value is -0.840. The van der Waals surface area contributed by atoms with Crippen molar-refractivity contribution >= 4 is 28.6 Å². The Morgan fingerprint density at radius 1 is 1.27 bits per heavy atom. The molecule has 0 aliphatic rings. The molecule has 0 aromatic carbocycles. The molecule has 1 amide bonds. The molecule has 0 unspecified atom stereocenters. The summed E-state index contributed by atoms with van der Waals surface area (Å²) < 4.78 is 0. The minimum absolute atomic E-state index is 0. The van der Waals surface area contributed by atoms with Gasteiger partial charge in [0, 0.05) is 20.0 Å². The van der Waals surface area contributed by atoms with Gasteiger partial charge in [-0.25, -0.2) is 0 Å². The van der Waals surface area contributed by atoms with Crippen LogP contribution in [-0.4, -0.2) is 28.6 Å². The van der Waals surface area contributed by atoms with E-state index in [1.807, 2.05) is 0 Å². The largest absolute Gasteiger partial charge is 0.345 e. The van der Waals surface area contributed by atoms with Gasteiger partial charge in [-0.05, 0) is 6.92 Å². The standard InChI is InChI=1S/C10H17NO3S.H2/c1-6(2)10(14)11-9(7(3)12)5-15-8(4)13;/h6,9H,5H2,1-4H3,(H,11,14);1H/t9-;/m0./s1. The Kier molecular flexibility index (Phi) is 6.24. The van der Waals surface area contributed by atoms with Gasteiger partial charge in [-0.2, -0.15) is 0 Å². The van der Waals surface area contributed by atoms with Gasteiger partial charge in [0.25, 0.3) is 0 Å². The highest BCUT2D eigenvalue weighted by Gasteiger charge is 2.19. The van der Waals surface area contributed by atoms with Crippen LogP contribution in [0.15, 0.2) is 0 Å². The third kappa shape index (κ3) is 6.28. The summed E-state index contributed by atoms with van der Waals surface area (Å²) >= 11 is 1.05. The van der Waals surface area contributed by atoms with E-state index in [4.69, 9.17) is 0 Å². The number of carbonyl (C=O) groups excluding carboxylic acids is 3. The molecule has 0 aliphatic heterocycles. The summed E-state index contributed by atoms with van der Waals surface area (Å²) in [7, 11) is 0. The number of hydrogen-bond donors (Lipinski definition) is 1. The predicted octanol–water partition coefficient (Wildman–Crippen LogP) is 1.24. The van der Waals surface area contributed by atoms with Gasteiger partial charge in [-0.15, -0.1) is 0 Å². The maximum absolute atomic E-state index is 11.3. The van der Waals surface area contributed by atoms with E-state index in [-0.39, 0.29) is 24.2 Å². The zero-order chi connectivity index (χ0) is 12.0. The molecule has 88 valence electrons. The Balaban J connectivity index is 0. The number of ketones is 1. The summed E-state index contributed by atoms with van der Waals surface area (Å²) in [5.74, 6) is -0.144. The van der Waals surface area contributed by atoms with Gasteiger partial charge >= 0.3 is 0 Å². The highest BCUT2D eigenvalue weighted by atomic mass is 32.2. The topological polar surface area (TPSA) is 63.2 Å². The molecule has 0 rings (SSSR count). The summed E-state index contributed by atoms with van der Waals surface area (Å²) in [5.41, 5.74) is 0. The fourth-order valence-corrected chi connectivity index (χ4v) is 1.52. The van der Waals surface area contributed by atoms with Crippen LogP contribution < -0.4 is 5.32 Å². The van der Waals surface area contributed by atoms with Crippen LogP contribution in [0.3, 0.4) is 0 Å². The minimum atomic E-state index is -0.561. The molecule has 4 nitrogen and oxygen atoms in total. The molecule has 0 aromatic heterocycles. The molecule has 0 aliphatic carbocycles. The molecule has 0 bridgehead atoms. The van der Waals surface area contributed by atoms with Crippen molar-refractivity contribution in [1.82, 2.24) is 5.32 Å². The maximum Gasteiger partial charge on any atom is 0.223 e. The smallest absolute Gasteiger partial charge is 0.223 e. The van der Waals surface area contributed by atoms with Crippen LogP contribution in [0.2, 0.25) is 0 Å². The predicted molar refractivity (Wildman–Crippen MR) is 62.7 cm³/mol. The molecule has 0 saturated heterocycles. The van der Waals surface area contributed by atoms with Crippen LogP contribution >= 0.6 is 11.8 Å². The second-order valence-corrected chi connectivity index (χ2v) is 4.83. The molecular formula is C10H19NO3S. The van der Waals surface area contributed by atoms with Gasteiger partial charge in [-0.1, -0.05) is 25.6 Å². The third-order valence-electron chi connectivity index (χ3n) is 1.78. The van der Waals surface area contributed by atoms with Crippen molar-refractivity contribution in [3.05, 3.63) is 0 Å². The van der Waals surface area contributed by atoms with Crippen LogP contribution in [0.25, 0.3) is 0 Å². The maximum atomic E-state index is 11.3. The zero-order valence-corrected chi connectivity index (χ0v) is 10.3. The molecule has 0 radical (unpaired) electrons. The van der Waals surface area contributed by atoms with E-state index in [0.717, 1.165) is 11.8 Å². The lowest BCUT2D eigenvalue weighted by molar-refractivity contribution is -0.128. The van der Waals surface area contributed by atoms with Crippen molar-refractivity contribution in [2.75, 3.05) is 5.75 Å². The SMILES string of the molecule is CC(=O)SC[C@H](NC(=O)C(C)C)C(C)=O.[HH]. The molecule has 0 saturated carbocycles. The average molecular weight is 233 g/mol. The van der Waals surface area contributed by atoms with Crippen molar-refractivity contribution in [1.29, 1.82) is 0 Å². The Morgan fingerprint density at radius 3 is 2.13 bits per heavy atom. The van der Waals surface area contributed by atoms with Crippen molar-refractivity contribution in [3.8, 4) is 0 Å². The van der Waals surface area contributed by atoms with Crippen LogP contribution in [0.4, 0.5) is 0 Å². The van der Waals surface area contributed by atoms with E-state index in [2.05, 4.69) is 5.32 Å². The molecular weight excluding hydrogens is 214 g/mol. The van der Waals surface area contributed by atoms with Gasteiger partial charge in [0.15, 0.2) is 10.9 Å². The number of carbonyl (C=O) groups is 3. The molecule has 1 atom stereocenters. The van der Waals surface area contributed by atoms with Crippen LogP contribution in [0.5, 0.6) is 0 Å². The molecule has 0 fully saturated rings. The number of Topliss-reactive ketones (excluding diaryl/α,β-unsaturated/α-hetero) is 1. The molecule has 5 heteroatoms. The second-order valence-electron chi connectivity index (χ2n) is 3.63. The molecule has 1 N–H and O–H groups in total. The first-order chi connectivity index (χ1) is 6.84. The van der Waals surface area contributed by atoms with Gasteiger partial charge < -0.3 is 5.32 Å². The van der Waals surface area contributed by atoms with Gasteiger partial charge in [0.05, 0.1) is 6.04 Å². The minimum Gasteiger partial charge on any atom is -0.345 e. The fourth-order valence-electron chi connectivity index (χ4n) is 0.800. The molecule has 0 spiro atoms. The first kappa shape index (κ1) is 14.2. The lowest BCUT2D eigenvalue weighted by Gasteiger charge is -2.16. The fraction of sp³-hybridized carbons (Fsp3) is 0.700. The first-order valence-corrected chi connectivity index (χ1v) is 5.77. The Bertz CT molecular complexity index is 269. The van der Waals surface area contributed by atoms with Crippen molar-refractivity contribution in [3.63, 3.8) is 0 Å². The third-order valence-corrected chi connectivity index (χ3v) is 2.69. The summed E-state index contributed by atoms with van der Waals surface area (Å²) in [4.78, 5) is 33.2. The number of rotatable bonds is 5. The van der Waals surface area contributed by atoms with Crippen LogP contribution in [0.1, 0.15) is 29.1 Å². The van der Waals surface area contributed by atoms with E-state index >= 15 is 0 Å². The number of nitrogens with one attached hydrogen (secondary N) is 1. The summed E-state index contributed by atoms with van der Waals surface area (Å²) in [6.45, 7) is 6.35. The quantitative estimate of drug-likeness (QED) is 0.776. The normalized spacial score (nSPS) is 12.3. The van der Waals surface area contributed by atoms with Crippen LogP contribution in [-0.2, 0) is 14.4 Å². The molecule has 0 aromatic rings. The van der Waals surface area contributed by atoms with Gasteiger partial charge in [0.2, 0.25) is 5.91 Å². The van der Waals surface area contributed by atoms with E-state index in [1.165, 1.54) is 13.8 Å². The van der Waals surface area contributed by atoms with Crippen LogP contribution in [0, 0.1) is 5.92 Å². The average Bonchev–Trinajstić information content (AvgIpc) is 2.10. The second kappa shape index (κ2) is 6.61. The zero-order valence-electron chi connectivity index (χ0n) is 9.49. The van der Waals surface area contributed by atoms with E-state index in [1.54, 1.807) is 13.8 Å². The Morgan fingerprint density at radius 2 is 1.80 bits per heavy atom. The van der Waals surface area contributed by atoms with Crippen molar-refractivity contribution in [2.45, 2.75) is 33.7 Å². The lowest BCUT2D eigenvalue weighted by atomic mass is 10.1. The summed E-state index contributed by atoms with van der Waals surface area (Å²) in [5, 5.41) is 2.55. The summed E-state index contributed by atoms with van der Waals surface area (Å²) in [6, 6.07) is -0.561. The van der Waals surface area contributed by atoms with Gasteiger partial charge in [0.1, 0.15) is 0 Å². The lowest BCUT2D eigenvalue weighted by Crippen LogP contribution is -2.43. The van der Waals surface area contributed by atoms with Crippen molar-refractivity contribution < 1.29 is 15.8 Å². The number of thioether (sulfide) groups is 1. The monoisotopic (exact) mass is 233 g/mol. The highest BCUT2D eigenvalue weighted by molar-refractivity contribution is 8.13.